The number of carbonyl (C=O) groups excluding carboxylic acids is 2. The maximum atomic E-state index is 12.2. The summed E-state index contributed by atoms with van der Waals surface area (Å²) in [6.07, 6.45) is 1.82. The van der Waals surface area contributed by atoms with Crippen molar-refractivity contribution in [1.82, 2.24) is 10.2 Å². The molecule has 2 rings (SSSR count). The Morgan fingerprint density at radius 2 is 2.11 bits per heavy atom. The van der Waals surface area contributed by atoms with Gasteiger partial charge in [-0.25, -0.2) is 9.69 Å². The molecule has 0 saturated carbocycles. The molecule has 0 aromatic rings. The first-order valence-corrected chi connectivity index (χ1v) is 6.64. The van der Waals surface area contributed by atoms with Crippen LogP contribution in [0.15, 0.2) is 0 Å². The monoisotopic (exact) mass is 254 g/mol. The van der Waals surface area contributed by atoms with Gasteiger partial charge in [-0.05, 0) is 39.5 Å². The van der Waals surface area contributed by atoms with E-state index in [1.165, 1.54) is 4.90 Å². The Bertz CT molecular complexity index is 349. The second-order valence-corrected chi connectivity index (χ2v) is 6.12. The normalized spacial score (nSPS) is 28.8. The van der Waals surface area contributed by atoms with Crippen LogP contribution in [-0.2, 0) is 9.53 Å². The fraction of sp³-hybridized carbons (Fsp3) is 0.846. The average Bonchev–Trinajstić information content (AvgIpc) is 2.58. The maximum Gasteiger partial charge on any atom is 0.417 e. The Labute approximate surface area is 108 Å². The lowest BCUT2D eigenvalue weighted by Crippen LogP contribution is -2.49. The van der Waals surface area contributed by atoms with Crippen molar-refractivity contribution in [2.24, 2.45) is 5.92 Å². The van der Waals surface area contributed by atoms with Crippen molar-refractivity contribution in [3.8, 4) is 0 Å². The minimum Gasteiger partial charge on any atom is -0.443 e. The van der Waals surface area contributed by atoms with E-state index in [2.05, 4.69) is 5.32 Å². The van der Waals surface area contributed by atoms with Crippen molar-refractivity contribution < 1.29 is 14.3 Å². The van der Waals surface area contributed by atoms with E-state index >= 15 is 0 Å². The number of likely N-dealkylation sites (tertiary alicyclic amines) is 1. The third-order valence-corrected chi connectivity index (χ3v) is 3.46. The zero-order valence-electron chi connectivity index (χ0n) is 11.4. The molecule has 2 saturated heterocycles. The Balaban J connectivity index is 2.16. The van der Waals surface area contributed by atoms with Crippen molar-refractivity contribution in [1.29, 1.82) is 0 Å². The number of nitrogens with zero attached hydrogens (tertiary/aromatic N) is 1. The lowest BCUT2D eigenvalue weighted by atomic mass is 9.98. The summed E-state index contributed by atoms with van der Waals surface area (Å²) in [4.78, 5) is 25.6. The molecule has 2 heterocycles. The number of rotatable bonds is 0. The van der Waals surface area contributed by atoms with Gasteiger partial charge >= 0.3 is 6.09 Å². The van der Waals surface area contributed by atoms with Gasteiger partial charge in [-0.3, -0.25) is 4.79 Å². The standard InChI is InChI=1S/C13H22N2O3/c1-13(2,3)18-12(17)15-10-8-14-7-9(10)5-4-6-11(15)16/h9-10,14H,4-8H2,1-3H3/t9-,10-/m1/s1. The van der Waals surface area contributed by atoms with Crippen LogP contribution in [-0.4, -0.2) is 41.6 Å². The molecule has 0 aromatic carbocycles. The number of hydrogen-bond acceptors (Lipinski definition) is 4. The SMILES string of the molecule is CC(C)(C)OC(=O)N1C(=O)CCC[C@@H]2CNC[C@H]21. The van der Waals surface area contributed by atoms with Gasteiger partial charge in [0.1, 0.15) is 5.60 Å². The zero-order valence-corrected chi connectivity index (χ0v) is 11.4. The molecule has 18 heavy (non-hydrogen) atoms. The quantitative estimate of drug-likeness (QED) is 0.712. The van der Waals surface area contributed by atoms with Crippen molar-refractivity contribution in [3.05, 3.63) is 0 Å². The smallest absolute Gasteiger partial charge is 0.417 e. The first-order valence-electron chi connectivity index (χ1n) is 6.64. The molecule has 0 aliphatic carbocycles. The van der Waals surface area contributed by atoms with Crippen LogP contribution in [0.1, 0.15) is 40.0 Å². The van der Waals surface area contributed by atoms with Gasteiger partial charge in [0.15, 0.2) is 0 Å². The van der Waals surface area contributed by atoms with E-state index < -0.39 is 11.7 Å². The average molecular weight is 254 g/mol. The van der Waals surface area contributed by atoms with Gasteiger partial charge in [-0.1, -0.05) is 0 Å². The molecule has 5 nitrogen and oxygen atoms in total. The highest BCUT2D eigenvalue weighted by atomic mass is 16.6. The van der Waals surface area contributed by atoms with Gasteiger partial charge in [0.25, 0.3) is 0 Å². The van der Waals surface area contributed by atoms with Gasteiger partial charge in [0.05, 0.1) is 6.04 Å². The van der Waals surface area contributed by atoms with Crippen molar-refractivity contribution in [2.45, 2.75) is 51.7 Å². The van der Waals surface area contributed by atoms with Gasteiger partial charge < -0.3 is 10.1 Å². The summed E-state index contributed by atoms with van der Waals surface area (Å²) < 4.78 is 5.35. The lowest BCUT2D eigenvalue weighted by Gasteiger charge is -2.30. The number of carbonyl (C=O) groups is 2. The fourth-order valence-electron chi connectivity index (χ4n) is 2.69. The summed E-state index contributed by atoms with van der Waals surface area (Å²) in [7, 11) is 0. The maximum absolute atomic E-state index is 12.2. The van der Waals surface area contributed by atoms with Crippen LogP contribution in [0, 0.1) is 5.92 Å². The van der Waals surface area contributed by atoms with Crippen LogP contribution < -0.4 is 5.32 Å². The largest absolute Gasteiger partial charge is 0.443 e. The first kappa shape index (κ1) is 13.3. The third kappa shape index (κ3) is 2.83. The fourth-order valence-corrected chi connectivity index (χ4v) is 2.69. The predicted octanol–water partition coefficient (Wildman–Crippen LogP) is 1.52. The summed E-state index contributed by atoms with van der Waals surface area (Å²) in [5.41, 5.74) is -0.564. The third-order valence-electron chi connectivity index (χ3n) is 3.46. The van der Waals surface area contributed by atoms with Crippen LogP contribution in [0.5, 0.6) is 0 Å². The molecule has 2 aliphatic rings. The molecule has 2 amide bonds. The van der Waals surface area contributed by atoms with Crippen LogP contribution in [0.2, 0.25) is 0 Å². The molecule has 2 aliphatic heterocycles. The number of fused-ring (bicyclic) bond motifs is 1. The second kappa shape index (κ2) is 4.88. The Hall–Kier alpha value is -1.10. The summed E-state index contributed by atoms with van der Waals surface area (Å²) in [6.45, 7) is 7.03. The van der Waals surface area contributed by atoms with E-state index in [0.717, 1.165) is 19.4 Å². The molecule has 0 radical (unpaired) electrons. The van der Waals surface area contributed by atoms with E-state index in [-0.39, 0.29) is 11.9 Å². The summed E-state index contributed by atoms with van der Waals surface area (Å²) in [6, 6.07) is -0.0325. The molecular formula is C13H22N2O3. The van der Waals surface area contributed by atoms with E-state index in [1.54, 1.807) is 0 Å². The topological polar surface area (TPSA) is 58.6 Å². The number of ether oxygens (including phenoxy) is 1. The van der Waals surface area contributed by atoms with E-state index in [4.69, 9.17) is 4.74 Å². The molecule has 0 unspecified atom stereocenters. The van der Waals surface area contributed by atoms with Crippen LogP contribution in [0.3, 0.4) is 0 Å². The Morgan fingerprint density at radius 1 is 1.39 bits per heavy atom. The predicted molar refractivity (Wildman–Crippen MR) is 67.1 cm³/mol. The number of imide groups is 1. The van der Waals surface area contributed by atoms with Crippen molar-refractivity contribution in [2.75, 3.05) is 13.1 Å². The Morgan fingerprint density at radius 3 is 2.78 bits per heavy atom. The number of nitrogens with one attached hydrogen (secondary N) is 1. The van der Waals surface area contributed by atoms with Gasteiger partial charge in [0.2, 0.25) is 5.91 Å². The number of amides is 2. The van der Waals surface area contributed by atoms with Gasteiger partial charge in [-0.2, -0.15) is 0 Å². The van der Waals surface area contributed by atoms with Crippen LogP contribution >= 0.6 is 0 Å². The van der Waals surface area contributed by atoms with E-state index in [9.17, 15) is 9.59 Å². The molecule has 0 aromatic heterocycles. The lowest BCUT2D eigenvalue weighted by molar-refractivity contribution is -0.131. The highest BCUT2D eigenvalue weighted by Crippen LogP contribution is 2.27. The molecule has 102 valence electrons. The molecule has 1 N–H and O–H groups in total. The van der Waals surface area contributed by atoms with E-state index in [1.807, 2.05) is 20.8 Å². The van der Waals surface area contributed by atoms with Crippen LogP contribution in [0.25, 0.3) is 0 Å². The van der Waals surface area contributed by atoms with Gasteiger partial charge in [0, 0.05) is 19.5 Å². The minimum atomic E-state index is -0.564. The highest BCUT2D eigenvalue weighted by Gasteiger charge is 2.41. The second-order valence-electron chi connectivity index (χ2n) is 6.12. The first-order chi connectivity index (χ1) is 8.38. The molecule has 0 bridgehead atoms. The molecule has 2 fully saturated rings. The van der Waals surface area contributed by atoms with Crippen molar-refractivity contribution >= 4 is 12.0 Å². The molecular weight excluding hydrogens is 232 g/mol. The molecule has 2 atom stereocenters. The van der Waals surface area contributed by atoms with E-state index in [0.29, 0.717) is 18.9 Å². The van der Waals surface area contributed by atoms with Crippen LogP contribution in [0.4, 0.5) is 4.79 Å². The highest BCUT2D eigenvalue weighted by molar-refractivity contribution is 5.92. The van der Waals surface area contributed by atoms with Crippen molar-refractivity contribution in [3.63, 3.8) is 0 Å². The summed E-state index contributed by atoms with van der Waals surface area (Å²) in [5.74, 6) is 0.282. The van der Waals surface area contributed by atoms with Gasteiger partial charge in [-0.15, -0.1) is 0 Å². The molecule has 0 spiro atoms. The number of hydrogen-bond donors (Lipinski definition) is 1. The zero-order chi connectivity index (χ0) is 13.3. The minimum absolute atomic E-state index is 0.0325. The Kier molecular flexibility index (Phi) is 3.61. The molecule has 5 heteroatoms. The summed E-state index contributed by atoms with van der Waals surface area (Å²) in [5, 5.41) is 3.26. The summed E-state index contributed by atoms with van der Waals surface area (Å²) >= 11 is 0.